The largest absolute Gasteiger partial charge is 0.473 e. The number of halogens is 2. The smallest absolute Gasteiger partial charge is 0.414 e. The van der Waals surface area contributed by atoms with Gasteiger partial charge in [0.15, 0.2) is 0 Å². The molecular formula is C8H8BrFN2O4. The molecule has 16 heavy (non-hydrogen) atoms. The lowest BCUT2D eigenvalue weighted by Crippen LogP contribution is -2.09. The molecule has 5 N–H and O–H groups in total. The Hall–Kier alpha value is -1.67. The number of carboxylic acid groups (broad SMARTS) is 2. The first-order valence-electron chi connectivity index (χ1n) is 3.76. The lowest BCUT2D eigenvalue weighted by atomic mass is 10.3. The van der Waals surface area contributed by atoms with Crippen molar-refractivity contribution in [3.63, 3.8) is 0 Å². The molecule has 0 amide bonds. The summed E-state index contributed by atoms with van der Waals surface area (Å²) >= 11 is 3.12. The summed E-state index contributed by atoms with van der Waals surface area (Å²) in [6, 6.07) is 4.60. The molecule has 1 rings (SSSR count). The van der Waals surface area contributed by atoms with Gasteiger partial charge in [0.25, 0.3) is 0 Å². The summed E-state index contributed by atoms with van der Waals surface area (Å²) in [7, 11) is 0. The minimum Gasteiger partial charge on any atom is -0.473 e. The van der Waals surface area contributed by atoms with Crippen molar-refractivity contribution >= 4 is 33.6 Å². The molecule has 0 aliphatic carbocycles. The number of carbonyl (C=O) groups is 2. The zero-order valence-electron chi connectivity index (χ0n) is 7.78. The molecule has 0 saturated heterocycles. The Kier molecular flexibility index (Phi) is 6.04. The SMILES string of the molecule is NNc1ccc(Br)cc1F.O=C(O)C(=O)O. The van der Waals surface area contributed by atoms with Gasteiger partial charge < -0.3 is 15.6 Å². The fourth-order valence-electron chi connectivity index (χ4n) is 0.607. The number of rotatable bonds is 1. The van der Waals surface area contributed by atoms with Crippen LogP contribution in [0.4, 0.5) is 10.1 Å². The molecule has 0 saturated carbocycles. The first kappa shape index (κ1) is 14.3. The molecule has 0 spiro atoms. The predicted octanol–water partition coefficient (Wildman–Crippen LogP) is 1.03. The molecule has 0 radical (unpaired) electrons. The standard InChI is InChI=1S/C6H6BrFN2.C2H2O4/c7-4-1-2-6(10-9)5(8)3-4;3-1(4)2(5)6/h1-3,10H,9H2;(H,3,4)(H,5,6). The lowest BCUT2D eigenvalue weighted by molar-refractivity contribution is -0.159. The second-order valence-corrected chi connectivity index (χ2v) is 3.29. The molecule has 0 atom stereocenters. The summed E-state index contributed by atoms with van der Waals surface area (Å²) in [5, 5.41) is 14.8. The highest BCUT2D eigenvalue weighted by Gasteiger charge is 2.04. The number of nitrogens with two attached hydrogens (primary N) is 1. The van der Waals surface area contributed by atoms with Crippen LogP contribution in [0.25, 0.3) is 0 Å². The van der Waals surface area contributed by atoms with Gasteiger partial charge in [0.2, 0.25) is 0 Å². The highest BCUT2D eigenvalue weighted by atomic mass is 79.9. The quantitative estimate of drug-likeness (QED) is 0.350. The predicted molar refractivity (Wildman–Crippen MR) is 57.2 cm³/mol. The maximum absolute atomic E-state index is 12.7. The van der Waals surface area contributed by atoms with Gasteiger partial charge in [-0.15, -0.1) is 0 Å². The maximum atomic E-state index is 12.7. The number of hydrogen-bond acceptors (Lipinski definition) is 4. The van der Waals surface area contributed by atoms with Crippen LogP contribution in [0.1, 0.15) is 0 Å². The molecule has 0 unspecified atom stereocenters. The van der Waals surface area contributed by atoms with Gasteiger partial charge in [-0.05, 0) is 18.2 Å². The Morgan fingerprint density at radius 1 is 1.31 bits per heavy atom. The van der Waals surface area contributed by atoms with Gasteiger partial charge in [0, 0.05) is 4.47 Å². The number of aliphatic carboxylic acids is 2. The van der Waals surface area contributed by atoms with Gasteiger partial charge >= 0.3 is 11.9 Å². The van der Waals surface area contributed by atoms with E-state index in [1.54, 1.807) is 12.1 Å². The van der Waals surface area contributed by atoms with Gasteiger partial charge in [0.1, 0.15) is 5.82 Å². The Balaban J connectivity index is 0.000000325. The Labute approximate surface area is 98.0 Å². The third kappa shape index (κ3) is 5.27. The van der Waals surface area contributed by atoms with Crippen LogP contribution in [0.3, 0.4) is 0 Å². The third-order valence-corrected chi connectivity index (χ3v) is 1.76. The van der Waals surface area contributed by atoms with E-state index in [2.05, 4.69) is 21.4 Å². The van der Waals surface area contributed by atoms with Crippen LogP contribution in [0.15, 0.2) is 22.7 Å². The van der Waals surface area contributed by atoms with Gasteiger partial charge in [-0.3, -0.25) is 5.84 Å². The highest BCUT2D eigenvalue weighted by Crippen LogP contribution is 2.17. The molecule has 88 valence electrons. The van der Waals surface area contributed by atoms with Crippen molar-refractivity contribution in [2.24, 2.45) is 5.84 Å². The fraction of sp³-hybridized carbons (Fsp3) is 0. The third-order valence-electron chi connectivity index (χ3n) is 1.27. The maximum Gasteiger partial charge on any atom is 0.414 e. The summed E-state index contributed by atoms with van der Waals surface area (Å²) in [5.74, 6) is 0.983. The van der Waals surface area contributed by atoms with Crippen LogP contribution in [-0.4, -0.2) is 22.2 Å². The molecule has 0 aliphatic heterocycles. The number of anilines is 1. The van der Waals surface area contributed by atoms with Gasteiger partial charge in [0.05, 0.1) is 5.69 Å². The van der Waals surface area contributed by atoms with Gasteiger partial charge in [-0.1, -0.05) is 15.9 Å². The lowest BCUT2D eigenvalue weighted by Gasteiger charge is -2.00. The highest BCUT2D eigenvalue weighted by molar-refractivity contribution is 9.10. The first-order chi connectivity index (χ1) is 7.38. The first-order valence-corrected chi connectivity index (χ1v) is 4.55. The topological polar surface area (TPSA) is 113 Å². The Morgan fingerprint density at radius 2 is 1.81 bits per heavy atom. The van der Waals surface area contributed by atoms with Crippen LogP contribution in [-0.2, 0) is 9.59 Å². The van der Waals surface area contributed by atoms with Crippen molar-refractivity contribution in [1.82, 2.24) is 0 Å². The van der Waals surface area contributed by atoms with Crippen molar-refractivity contribution in [3.05, 3.63) is 28.5 Å². The molecule has 1 aromatic carbocycles. The number of nitrogen functional groups attached to an aromatic ring is 1. The monoisotopic (exact) mass is 294 g/mol. The number of carboxylic acids is 2. The molecule has 6 nitrogen and oxygen atoms in total. The Morgan fingerprint density at radius 3 is 2.12 bits per heavy atom. The van der Waals surface area contributed by atoms with Gasteiger partial charge in [-0.25, -0.2) is 14.0 Å². The summed E-state index contributed by atoms with van der Waals surface area (Å²) in [5.41, 5.74) is 2.52. The van der Waals surface area contributed by atoms with Crippen molar-refractivity contribution in [1.29, 1.82) is 0 Å². The zero-order valence-corrected chi connectivity index (χ0v) is 9.36. The molecule has 0 aromatic heterocycles. The normalized spacial score (nSPS) is 8.69. The van der Waals surface area contributed by atoms with E-state index in [4.69, 9.17) is 25.6 Å². The van der Waals surface area contributed by atoms with Crippen LogP contribution in [0, 0.1) is 5.82 Å². The van der Waals surface area contributed by atoms with Crippen LogP contribution in [0.5, 0.6) is 0 Å². The second kappa shape index (κ2) is 6.75. The summed E-state index contributed by atoms with van der Waals surface area (Å²) in [6.45, 7) is 0. The minimum absolute atomic E-state index is 0.295. The van der Waals surface area contributed by atoms with Crippen molar-refractivity contribution in [2.45, 2.75) is 0 Å². The molecule has 8 heteroatoms. The second-order valence-electron chi connectivity index (χ2n) is 2.38. The van der Waals surface area contributed by atoms with Crippen molar-refractivity contribution < 1.29 is 24.2 Å². The molecule has 0 heterocycles. The van der Waals surface area contributed by atoms with Gasteiger partial charge in [-0.2, -0.15) is 0 Å². The van der Waals surface area contributed by atoms with E-state index in [0.29, 0.717) is 10.2 Å². The molecule has 1 aromatic rings. The average molecular weight is 295 g/mol. The van der Waals surface area contributed by atoms with E-state index >= 15 is 0 Å². The van der Waals surface area contributed by atoms with Crippen molar-refractivity contribution in [3.8, 4) is 0 Å². The number of nitrogens with one attached hydrogen (secondary N) is 1. The Bertz CT molecular complexity index is 388. The van der Waals surface area contributed by atoms with Crippen LogP contribution < -0.4 is 11.3 Å². The number of hydrazine groups is 1. The fourth-order valence-corrected chi connectivity index (χ4v) is 0.940. The van der Waals surface area contributed by atoms with E-state index < -0.39 is 11.9 Å². The van der Waals surface area contributed by atoms with E-state index in [9.17, 15) is 4.39 Å². The zero-order chi connectivity index (χ0) is 12.7. The number of benzene rings is 1. The molecule has 0 aliphatic rings. The molecule has 0 fully saturated rings. The summed E-state index contributed by atoms with van der Waals surface area (Å²) < 4.78 is 13.4. The molecular weight excluding hydrogens is 287 g/mol. The summed E-state index contributed by atoms with van der Waals surface area (Å²) in [4.78, 5) is 18.2. The number of hydrogen-bond donors (Lipinski definition) is 4. The van der Waals surface area contributed by atoms with E-state index in [0.717, 1.165) is 0 Å². The average Bonchev–Trinajstić information content (AvgIpc) is 2.18. The van der Waals surface area contributed by atoms with E-state index in [1.165, 1.54) is 6.07 Å². The van der Waals surface area contributed by atoms with Crippen molar-refractivity contribution in [2.75, 3.05) is 5.43 Å². The molecule has 0 bridgehead atoms. The van der Waals surface area contributed by atoms with Crippen LogP contribution in [0.2, 0.25) is 0 Å². The summed E-state index contributed by atoms with van der Waals surface area (Å²) in [6.07, 6.45) is 0. The van der Waals surface area contributed by atoms with E-state index in [-0.39, 0.29) is 5.82 Å². The minimum atomic E-state index is -1.82. The van der Waals surface area contributed by atoms with E-state index in [1.807, 2.05) is 0 Å². The van der Waals surface area contributed by atoms with Crippen LogP contribution >= 0.6 is 15.9 Å².